The maximum absolute atomic E-state index is 13.2. The molecule has 1 amide bonds. The fourth-order valence-corrected chi connectivity index (χ4v) is 4.45. The first-order valence-corrected chi connectivity index (χ1v) is 10.2. The Morgan fingerprint density at radius 3 is 2.38 bits per heavy atom. The fraction of sp³-hybridized carbons (Fsp3) is 0.273. The molecule has 10 heteroatoms. The number of halogens is 4. The number of ketones is 1. The topological polar surface area (TPSA) is 80.5 Å². The maximum atomic E-state index is 13.2. The molecule has 1 aliphatic carbocycles. The summed E-state index contributed by atoms with van der Waals surface area (Å²) in [6, 6.07) is 8.13. The number of hydrogen-bond donors (Lipinski definition) is 0. The second-order valence-electron chi connectivity index (χ2n) is 7.64. The summed E-state index contributed by atoms with van der Waals surface area (Å²) in [4.78, 5) is 37.9. The van der Waals surface area contributed by atoms with Crippen molar-refractivity contribution in [1.82, 2.24) is 0 Å². The summed E-state index contributed by atoms with van der Waals surface area (Å²) in [5.74, 6) is -1.33. The molecular weight excluding hydrogens is 449 g/mol. The third kappa shape index (κ3) is 3.88. The van der Waals surface area contributed by atoms with E-state index >= 15 is 0 Å². The molecule has 0 saturated carbocycles. The molecule has 0 N–H and O–H groups in total. The molecule has 0 radical (unpaired) electrons. The zero-order valence-electron chi connectivity index (χ0n) is 16.5. The minimum absolute atomic E-state index is 0.110. The van der Waals surface area contributed by atoms with Crippen LogP contribution in [0.4, 0.5) is 24.5 Å². The van der Waals surface area contributed by atoms with Gasteiger partial charge in [0.05, 0.1) is 21.2 Å². The van der Waals surface area contributed by atoms with Gasteiger partial charge in [-0.1, -0.05) is 23.7 Å². The largest absolute Gasteiger partial charge is 0.416 e. The van der Waals surface area contributed by atoms with E-state index in [2.05, 4.69) is 0 Å². The second-order valence-corrected chi connectivity index (χ2v) is 8.04. The molecule has 1 heterocycles. The van der Waals surface area contributed by atoms with Crippen LogP contribution in [0.2, 0.25) is 5.02 Å². The van der Waals surface area contributed by atoms with Crippen molar-refractivity contribution >= 4 is 34.7 Å². The van der Waals surface area contributed by atoms with Crippen LogP contribution in [0.1, 0.15) is 42.7 Å². The Kier molecular flexibility index (Phi) is 5.54. The number of non-ortho nitro benzene ring substituents is 1. The van der Waals surface area contributed by atoms with Crippen LogP contribution in [0.5, 0.6) is 0 Å². The van der Waals surface area contributed by atoms with Gasteiger partial charge < -0.3 is 0 Å². The van der Waals surface area contributed by atoms with Gasteiger partial charge in [0, 0.05) is 42.2 Å². The minimum atomic E-state index is -4.50. The number of allylic oxidation sites excluding steroid dienone is 2. The second kappa shape index (κ2) is 8.05. The van der Waals surface area contributed by atoms with Crippen LogP contribution in [0.25, 0.3) is 0 Å². The van der Waals surface area contributed by atoms with E-state index in [1.807, 2.05) is 0 Å². The summed E-state index contributed by atoms with van der Waals surface area (Å²) >= 11 is 6.25. The number of carbonyl (C=O) groups excluding carboxylic acids is 2. The van der Waals surface area contributed by atoms with Gasteiger partial charge in [-0.25, -0.2) is 0 Å². The Bertz CT molecular complexity index is 1160. The van der Waals surface area contributed by atoms with Crippen molar-refractivity contribution < 1.29 is 27.7 Å². The van der Waals surface area contributed by atoms with E-state index in [4.69, 9.17) is 11.6 Å². The SMILES string of the molecule is O=C1CCCC2=C1C(c1ccc(C(F)(F)F)cc1)CC(=O)N2c1cc([N+](=O)[O-])ccc1Cl. The highest BCUT2D eigenvalue weighted by Gasteiger charge is 2.41. The number of carbonyl (C=O) groups is 2. The van der Waals surface area contributed by atoms with Gasteiger partial charge in [-0.3, -0.25) is 24.6 Å². The average molecular weight is 465 g/mol. The zero-order valence-corrected chi connectivity index (χ0v) is 17.2. The van der Waals surface area contributed by atoms with Crippen molar-refractivity contribution in [2.24, 2.45) is 0 Å². The molecule has 1 aliphatic heterocycles. The van der Waals surface area contributed by atoms with E-state index < -0.39 is 28.5 Å². The lowest BCUT2D eigenvalue weighted by Gasteiger charge is -2.38. The quantitative estimate of drug-likeness (QED) is 0.425. The number of alkyl halides is 3. The summed E-state index contributed by atoms with van der Waals surface area (Å²) < 4.78 is 38.8. The third-order valence-electron chi connectivity index (χ3n) is 5.70. The first-order chi connectivity index (χ1) is 15.1. The molecule has 0 fully saturated rings. The van der Waals surface area contributed by atoms with Crippen LogP contribution in [-0.2, 0) is 15.8 Å². The van der Waals surface area contributed by atoms with Crippen LogP contribution in [0, 0.1) is 10.1 Å². The summed E-state index contributed by atoms with van der Waals surface area (Å²) in [6.45, 7) is 0. The van der Waals surface area contributed by atoms with Crippen LogP contribution < -0.4 is 4.90 Å². The van der Waals surface area contributed by atoms with E-state index in [1.54, 1.807) is 0 Å². The van der Waals surface area contributed by atoms with Crippen LogP contribution in [0.3, 0.4) is 0 Å². The summed E-state index contributed by atoms with van der Waals surface area (Å²) in [6.07, 6.45) is -3.58. The van der Waals surface area contributed by atoms with Crippen molar-refractivity contribution in [2.45, 2.75) is 37.8 Å². The van der Waals surface area contributed by atoms with Crippen molar-refractivity contribution in [1.29, 1.82) is 0 Å². The molecule has 4 rings (SSSR count). The fourth-order valence-electron chi connectivity index (χ4n) is 4.25. The van der Waals surface area contributed by atoms with E-state index in [-0.39, 0.29) is 35.0 Å². The molecule has 1 unspecified atom stereocenters. The normalized spacial score (nSPS) is 19.2. The smallest absolute Gasteiger partial charge is 0.294 e. The number of nitro groups is 1. The predicted octanol–water partition coefficient (Wildman–Crippen LogP) is 5.79. The van der Waals surface area contributed by atoms with E-state index in [9.17, 15) is 32.9 Å². The highest BCUT2D eigenvalue weighted by atomic mass is 35.5. The van der Waals surface area contributed by atoms with Gasteiger partial charge in [-0.2, -0.15) is 13.2 Å². The molecule has 32 heavy (non-hydrogen) atoms. The number of Topliss-reactive ketones (excluding diaryl/α,β-unsaturated/α-hetero) is 1. The zero-order chi connectivity index (χ0) is 23.2. The predicted molar refractivity (Wildman–Crippen MR) is 110 cm³/mol. The Hall–Kier alpha value is -3.20. The lowest BCUT2D eigenvalue weighted by molar-refractivity contribution is -0.384. The molecule has 1 atom stereocenters. The Morgan fingerprint density at radius 2 is 1.75 bits per heavy atom. The minimum Gasteiger partial charge on any atom is -0.294 e. The molecule has 0 spiro atoms. The molecule has 0 bridgehead atoms. The third-order valence-corrected chi connectivity index (χ3v) is 6.02. The molecule has 166 valence electrons. The molecule has 2 aromatic rings. The maximum Gasteiger partial charge on any atom is 0.416 e. The Balaban J connectivity index is 1.83. The number of amides is 1. The van der Waals surface area contributed by atoms with Gasteiger partial charge in [0.1, 0.15) is 0 Å². The number of nitro benzene ring substituents is 1. The van der Waals surface area contributed by atoms with E-state index in [0.717, 1.165) is 12.1 Å². The van der Waals surface area contributed by atoms with Crippen molar-refractivity contribution in [2.75, 3.05) is 4.90 Å². The van der Waals surface area contributed by atoms with Gasteiger partial charge in [-0.15, -0.1) is 0 Å². The Morgan fingerprint density at radius 1 is 1.06 bits per heavy atom. The number of anilines is 1. The van der Waals surface area contributed by atoms with Gasteiger partial charge in [0.25, 0.3) is 5.69 Å². The summed E-state index contributed by atoms with van der Waals surface area (Å²) in [5.41, 5.74) is 0.199. The van der Waals surface area contributed by atoms with Gasteiger partial charge in [-0.05, 0) is 36.6 Å². The van der Waals surface area contributed by atoms with Crippen LogP contribution in [0.15, 0.2) is 53.7 Å². The molecule has 2 aliphatic rings. The number of rotatable bonds is 3. The first-order valence-electron chi connectivity index (χ1n) is 9.78. The first kappa shape index (κ1) is 22.0. The van der Waals surface area contributed by atoms with E-state index in [0.29, 0.717) is 29.7 Å². The van der Waals surface area contributed by atoms with Crippen LogP contribution >= 0.6 is 11.6 Å². The van der Waals surface area contributed by atoms with Crippen molar-refractivity contribution in [3.63, 3.8) is 0 Å². The summed E-state index contributed by atoms with van der Waals surface area (Å²) in [7, 11) is 0. The number of benzene rings is 2. The molecule has 0 aromatic heterocycles. The highest BCUT2D eigenvalue weighted by Crippen LogP contribution is 2.45. The lowest BCUT2D eigenvalue weighted by atomic mass is 9.77. The summed E-state index contributed by atoms with van der Waals surface area (Å²) in [5, 5.41) is 11.3. The number of hydrogen-bond acceptors (Lipinski definition) is 4. The average Bonchev–Trinajstić information content (AvgIpc) is 2.73. The molecule has 0 saturated heterocycles. The molecule has 2 aromatic carbocycles. The number of nitrogens with zero attached hydrogens (tertiary/aromatic N) is 2. The standard InChI is InChI=1S/C22H16ClF3N2O4/c23-16-9-8-14(28(31)32)10-18(16)27-17-2-1-3-19(29)21(17)15(11-20(27)30)12-4-6-13(7-5-12)22(24,25)26/h4-10,15H,1-3,11H2. The van der Waals surface area contributed by atoms with Gasteiger partial charge in [0.2, 0.25) is 5.91 Å². The molecular formula is C22H16ClF3N2O4. The van der Waals surface area contributed by atoms with Gasteiger partial charge in [0.15, 0.2) is 5.78 Å². The monoisotopic (exact) mass is 464 g/mol. The van der Waals surface area contributed by atoms with Gasteiger partial charge >= 0.3 is 6.18 Å². The van der Waals surface area contributed by atoms with Crippen molar-refractivity contribution in [3.8, 4) is 0 Å². The molecule has 6 nitrogen and oxygen atoms in total. The van der Waals surface area contributed by atoms with Crippen LogP contribution in [-0.4, -0.2) is 16.6 Å². The highest BCUT2D eigenvalue weighted by molar-refractivity contribution is 6.34. The van der Waals surface area contributed by atoms with E-state index in [1.165, 1.54) is 35.2 Å². The lowest BCUT2D eigenvalue weighted by Crippen LogP contribution is -2.40. The van der Waals surface area contributed by atoms with Crippen molar-refractivity contribution in [3.05, 3.63) is 80.0 Å². The Labute approximate surface area is 185 Å².